The van der Waals surface area contributed by atoms with Crippen molar-refractivity contribution >= 4 is 10.1 Å². The van der Waals surface area contributed by atoms with Gasteiger partial charge < -0.3 is 10.2 Å². The Morgan fingerprint density at radius 3 is 2.48 bits per heavy atom. The zero-order chi connectivity index (χ0) is 16.1. The fourth-order valence-corrected chi connectivity index (χ4v) is 4.95. The number of rotatable bonds is 3. The lowest BCUT2D eigenvalue weighted by Crippen LogP contribution is -2.47. The van der Waals surface area contributed by atoms with E-state index in [0.29, 0.717) is 25.7 Å². The van der Waals surface area contributed by atoms with Crippen LogP contribution in [0, 0.1) is 17.8 Å². The van der Waals surface area contributed by atoms with E-state index in [0.717, 1.165) is 5.57 Å². The van der Waals surface area contributed by atoms with Crippen LogP contribution in [0.2, 0.25) is 0 Å². The van der Waals surface area contributed by atoms with Gasteiger partial charge in [0, 0.05) is 5.92 Å². The standard InChI is InChI=1S/C15H26O5S/c1-10(2)11-4-7-15(17,9-21(18,19)20)12-5-6-14(3,16)13(12)8-11/h8,10,12-13,16-17H,4-7,9H2,1-3H3,(H,18,19,20). The number of hydrogen-bond acceptors (Lipinski definition) is 4. The van der Waals surface area contributed by atoms with Crippen LogP contribution in [0.4, 0.5) is 0 Å². The molecule has 5 nitrogen and oxygen atoms in total. The predicted molar refractivity (Wildman–Crippen MR) is 80.4 cm³/mol. The maximum Gasteiger partial charge on any atom is 0.267 e. The summed E-state index contributed by atoms with van der Waals surface area (Å²) >= 11 is 0. The molecule has 0 aromatic rings. The first-order valence-corrected chi connectivity index (χ1v) is 9.16. The fourth-order valence-electron chi connectivity index (χ4n) is 3.96. The van der Waals surface area contributed by atoms with Crippen LogP contribution in [0.1, 0.15) is 46.5 Å². The molecule has 1 fully saturated rings. The first-order valence-electron chi connectivity index (χ1n) is 7.55. The topological polar surface area (TPSA) is 94.8 Å². The van der Waals surface area contributed by atoms with Crippen molar-refractivity contribution in [3.8, 4) is 0 Å². The van der Waals surface area contributed by atoms with Crippen LogP contribution < -0.4 is 0 Å². The molecule has 4 atom stereocenters. The molecule has 0 amide bonds. The summed E-state index contributed by atoms with van der Waals surface area (Å²) in [5, 5.41) is 21.5. The summed E-state index contributed by atoms with van der Waals surface area (Å²) in [6, 6.07) is 0. The highest BCUT2D eigenvalue weighted by atomic mass is 32.2. The van der Waals surface area contributed by atoms with Gasteiger partial charge in [0.1, 0.15) is 5.75 Å². The Kier molecular flexibility index (Phi) is 4.30. The van der Waals surface area contributed by atoms with Gasteiger partial charge in [-0.05, 0) is 44.4 Å². The van der Waals surface area contributed by atoms with E-state index in [9.17, 15) is 23.2 Å². The van der Waals surface area contributed by atoms with E-state index in [1.165, 1.54) is 0 Å². The molecule has 2 aliphatic rings. The highest BCUT2D eigenvalue weighted by Crippen LogP contribution is 2.50. The lowest BCUT2D eigenvalue weighted by molar-refractivity contribution is -0.0404. The molecular formula is C15H26O5S. The smallest absolute Gasteiger partial charge is 0.267 e. The quantitative estimate of drug-likeness (QED) is 0.544. The minimum atomic E-state index is -4.27. The van der Waals surface area contributed by atoms with E-state index in [1.54, 1.807) is 6.92 Å². The normalized spacial score (nSPS) is 40.8. The van der Waals surface area contributed by atoms with Crippen molar-refractivity contribution in [2.45, 2.75) is 57.7 Å². The summed E-state index contributed by atoms with van der Waals surface area (Å²) < 4.78 is 31.8. The van der Waals surface area contributed by atoms with Crippen LogP contribution in [0.25, 0.3) is 0 Å². The van der Waals surface area contributed by atoms with E-state index < -0.39 is 27.1 Å². The van der Waals surface area contributed by atoms with Crippen LogP contribution in [-0.2, 0) is 10.1 Å². The number of fused-ring (bicyclic) bond motifs is 1. The van der Waals surface area contributed by atoms with Gasteiger partial charge in [-0.2, -0.15) is 8.42 Å². The van der Waals surface area contributed by atoms with E-state index in [2.05, 4.69) is 13.8 Å². The first kappa shape index (κ1) is 16.9. The molecule has 2 aliphatic carbocycles. The second-order valence-corrected chi connectivity index (χ2v) is 8.71. The molecule has 21 heavy (non-hydrogen) atoms. The molecule has 0 aliphatic heterocycles. The minimum Gasteiger partial charge on any atom is -0.390 e. The zero-order valence-electron chi connectivity index (χ0n) is 12.9. The largest absolute Gasteiger partial charge is 0.390 e. The monoisotopic (exact) mass is 318 g/mol. The summed E-state index contributed by atoms with van der Waals surface area (Å²) in [4.78, 5) is 0. The molecule has 0 bridgehead atoms. The van der Waals surface area contributed by atoms with Crippen LogP contribution in [0.3, 0.4) is 0 Å². The van der Waals surface area contributed by atoms with Gasteiger partial charge in [-0.3, -0.25) is 4.55 Å². The Balaban J connectivity index is 2.42. The lowest BCUT2D eigenvalue weighted by Gasteiger charge is -2.36. The third-order valence-corrected chi connectivity index (χ3v) is 6.08. The molecule has 6 heteroatoms. The van der Waals surface area contributed by atoms with Gasteiger partial charge in [0.25, 0.3) is 10.1 Å². The summed E-state index contributed by atoms with van der Waals surface area (Å²) in [6.07, 6.45) is 4.01. The number of allylic oxidation sites excluding steroid dienone is 1. The molecule has 0 radical (unpaired) electrons. The van der Waals surface area contributed by atoms with Crippen molar-refractivity contribution in [2.75, 3.05) is 5.75 Å². The van der Waals surface area contributed by atoms with Gasteiger partial charge >= 0.3 is 0 Å². The Hall–Kier alpha value is -0.430. The summed E-state index contributed by atoms with van der Waals surface area (Å²) in [5.41, 5.74) is -1.28. The molecule has 0 aromatic carbocycles. The van der Waals surface area contributed by atoms with E-state index >= 15 is 0 Å². The molecule has 4 unspecified atom stereocenters. The van der Waals surface area contributed by atoms with Crippen molar-refractivity contribution in [1.29, 1.82) is 0 Å². The van der Waals surface area contributed by atoms with Gasteiger partial charge in [-0.1, -0.05) is 25.5 Å². The van der Waals surface area contributed by atoms with Gasteiger partial charge in [0.2, 0.25) is 0 Å². The third kappa shape index (κ3) is 3.50. The second kappa shape index (κ2) is 5.33. The third-order valence-electron chi connectivity index (χ3n) is 5.22. The maximum atomic E-state index is 11.3. The van der Waals surface area contributed by atoms with E-state index in [-0.39, 0.29) is 17.8 Å². The predicted octanol–water partition coefficient (Wildman–Crippen LogP) is 1.76. The molecule has 0 saturated heterocycles. The van der Waals surface area contributed by atoms with Crippen molar-refractivity contribution in [3.05, 3.63) is 11.6 Å². The van der Waals surface area contributed by atoms with Crippen molar-refractivity contribution < 1.29 is 23.2 Å². The number of aliphatic hydroxyl groups is 2. The molecular weight excluding hydrogens is 292 g/mol. The van der Waals surface area contributed by atoms with Gasteiger partial charge in [-0.15, -0.1) is 0 Å². The summed E-state index contributed by atoms with van der Waals surface area (Å²) in [7, 11) is -4.27. The second-order valence-electron chi connectivity index (χ2n) is 7.25. The molecule has 122 valence electrons. The Morgan fingerprint density at radius 1 is 1.33 bits per heavy atom. The fraction of sp³-hybridized carbons (Fsp3) is 0.867. The van der Waals surface area contributed by atoms with E-state index in [4.69, 9.17) is 0 Å². The SMILES string of the molecule is CC(C)C1=CC2C(CCC2(C)O)C(O)(CS(=O)(=O)O)CC1. The Morgan fingerprint density at radius 2 is 1.95 bits per heavy atom. The first-order chi connectivity index (χ1) is 9.45. The average molecular weight is 318 g/mol. The van der Waals surface area contributed by atoms with Crippen molar-refractivity contribution in [2.24, 2.45) is 17.8 Å². The summed E-state index contributed by atoms with van der Waals surface area (Å²) in [5.74, 6) is -0.985. The lowest BCUT2D eigenvalue weighted by atomic mass is 9.77. The average Bonchev–Trinajstić information content (AvgIpc) is 2.48. The Bertz CT molecular complexity index is 534. The van der Waals surface area contributed by atoms with Crippen molar-refractivity contribution in [3.63, 3.8) is 0 Å². The van der Waals surface area contributed by atoms with E-state index in [1.807, 2.05) is 6.08 Å². The highest BCUT2D eigenvalue weighted by molar-refractivity contribution is 7.85. The number of hydrogen-bond donors (Lipinski definition) is 3. The van der Waals surface area contributed by atoms with Crippen LogP contribution in [0.15, 0.2) is 11.6 Å². The molecule has 1 saturated carbocycles. The molecule has 0 aromatic heterocycles. The maximum absolute atomic E-state index is 11.3. The molecule has 2 rings (SSSR count). The van der Waals surface area contributed by atoms with Crippen LogP contribution >= 0.6 is 0 Å². The molecule has 0 heterocycles. The molecule has 3 N–H and O–H groups in total. The van der Waals surface area contributed by atoms with Gasteiger partial charge in [-0.25, -0.2) is 0 Å². The minimum absolute atomic E-state index is 0.274. The van der Waals surface area contributed by atoms with Gasteiger partial charge in [0.15, 0.2) is 0 Å². The van der Waals surface area contributed by atoms with Crippen molar-refractivity contribution in [1.82, 2.24) is 0 Å². The van der Waals surface area contributed by atoms with Crippen LogP contribution in [-0.4, -0.2) is 40.1 Å². The zero-order valence-corrected chi connectivity index (χ0v) is 13.7. The van der Waals surface area contributed by atoms with Crippen LogP contribution in [0.5, 0.6) is 0 Å². The molecule has 0 spiro atoms. The Labute approximate surface area is 126 Å². The van der Waals surface area contributed by atoms with Gasteiger partial charge in [0.05, 0.1) is 11.2 Å². The highest BCUT2D eigenvalue weighted by Gasteiger charge is 2.54. The summed E-state index contributed by atoms with van der Waals surface area (Å²) in [6.45, 7) is 5.85.